The Labute approximate surface area is 189 Å². The Balaban J connectivity index is 1.35. The molecule has 0 bridgehead atoms. The molecule has 0 radical (unpaired) electrons. The maximum Gasteiger partial charge on any atom is 0.264 e. The van der Waals surface area contributed by atoms with Gasteiger partial charge in [0.05, 0.1) is 22.9 Å². The van der Waals surface area contributed by atoms with E-state index in [2.05, 4.69) is 33.2 Å². The van der Waals surface area contributed by atoms with Crippen LogP contribution >= 0.6 is 22.7 Å². The Morgan fingerprint density at radius 3 is 2.52 bits per heavy atom. The molecule has 0 aliphatic carbocycles. The Hall–Kier alpha value is -2.55. The summed E-state index contributed by atoms with van der Waals surface area (Å²) in [5, 5.41) is 4.79. The summed E-state index contributed by atoms with van der Waals surface area (Å²) in [6.45, 7) is 8.54. The van der Waals surface area contributed by atoms with Crippen LogP contribution in [0.15, 0.2) is 41.2 Å². The lowest BCUT2D eigenvalue weighted by molar-refractivity contribution is 0.0595. The first-order valence-electron chi connectivity index (χ1n) is 10.4. The van der Waals surface area contributed by atoms with Gasteiger partial charge in [0.15, 0.2) is 0 Å². The van der Waals surface area contributed by atoms with Crippen LogP contribution in [0.25, 0.3) is 0 Å². The van der Waals surface area contributed by atoms with Crippen LogP contribution in [0.5, 0.6) is 0 Å². The first-order valence-corrected chi connectivity index (χ1v) is 12.2. The number of hydrogen-bond donors (Lipinski definition) is 0. The van der Waals surface area contributed by atoms with Crippen LogP contribution < -0.4 is 4.90 Å². The number of fused-ring (bicyclic) bond motifs is 1. The number of aryl methyl sites for hydroxylation is 1. The molecule has 0 spiro atoms. The Bertz CT molecular complexity index is 1120. The minimum atomic E-state index is -0.369. The van der Waals surface area contributed by atoms with E-state index >= 15 is 0 Å². The minimum Gasteiger partial charge on any atom is -0.368 e. The van der Waals surface area contributed by atoms with E-state index in [1.807, 2.05) is 35.8 Å². The fraction of sp³-hybridized carbons (Fsp3) is 0.348. The van der Waals surface area contributed by atoms with E-state index in [4.69, 9.17) is 0 Å². The molecule has 0 saturated carbocycles. The van der Waals surface area contributed by atoms with Crippen LogP contribution in [0.4, 0.5) is 5.69 Å². The summed E-state index contributed by atoms with van der Waals surface area (Å²) >= 11 is 3.27. The number of thiophene rings is 1. The van der Waals surface area contributed by atoms with Gasteiger partial charge in [0.2, 0.25) is 0 Å². The smallest absolute Gasteiger partial charge is 0.264 e. The van der Waals surface area contributed by atoms with Crippen LogP contribution in [-0.2, 0) is 6.54 Å². The molecule has 2 amide bonds. The molecule has 1 fully saturated rings. The number of imide groups is 1. The van der Waals surface area contributed by atoms with Gasteiger partial charge in [-0.1, -0.05) is 6.07 Å². The third kappa shape index (κ3) is 3.58. The summed E-state index contributed by atoms with van der Waals surface area (Å²) in [6.07, 6.45) is 1.71. The summed E-state index contributed by atoms with van der Waals surface area (Å²) in [5.74, 6) is -0.439. The summed E-state index contributed by atoms with van der Waals surface area (Å²) in [5.41, 5.74) is 3.27. The van der Waals surface area contributed by atoms with Crippen LogP contribution in [-0.4, -0.2) is 52.8 Å². The van der Waals surface area contributed by atoms with Gasteiger partial charge in [0.1, 0.15) is 5.01 Å². The number of thiazole rings is 1. The minimum absolute atomic E-state index is 0.213. The van der Waals surface area contributed by atoms with E-state index in [9.17, 15) is 9.59 Å². The van der Waals surface area contributed by atoms with Crippen molar-refractivity contribution in [1.82, 2.24) is 14.8 Å². The molecular formula is C23H24N4O2S2. The normalized spacial score (nSPS) is 18.0. The molecule has 8 heteroatoms. The van der Waals surface area contributed by atoms with Crippen molar-refractivity contribution < 1.29 is 9.59 Å². The Morgan fingerprint density at radius 1 is 1.03 bits per heavy atom. The molecular weight excluding hydrogens is 428 g/mol. The van der Waals surface area contributed by atoms with Gasteiger partial charge in [-0.25, -0.2) is 4.98 Å². The third-order valence-electron chi connectivity index (χ3n) is 6.17. The highest BCUT2D eigenvalue weighted by Gasteiger charge is 2.42. The van der Waals surface area contributed by atoms with E-state index in [1.165, 1.54) is 26.7 Å². The molecule has 2 aliphatic heterocycles. The summed E-state index contributed by atoms with van der Waals surface area (Å²) < 4.78 is 0. The van der Waals surface area contributed by atoms with E-state index < -0.39 is 0 Å². The van der Waals surface area contributed by atoms with Crippen LogP contribution in [0.2, 0.25) is 0 Å². The van der Waals surface area contributed by atoms with Gasteiger partial charge in [-0.05, 0) is 43.0 Å². The summed E-state index contributed by atoms with van der Waals surface area (Å²) in [6, 6.07) is 7.43. The molecule has 4 heterocycles. The van der Waals surface area contributed by atoms with Gasteiger partial charge in [-0.15, -0.1) is 22.7 Å². The molecule has 1 atom stereocenters. The first kappa shape index (κ1) is 20.4. The average molecular weight is 453 g/mol. The molecule has 1 aromatic carbocycles. The summed E-state index contributed by atoms with van der Waals surface area (Å²) in [7, 11) is 0. The highest BCUT2D eigenvalue weighted by atomic mass is 32.1. The van der Waals surface area contributed by atoms with Gasteiger partial charge in [-0.3, -0.25) is 19.4 Å². The predicted octanol–water partition coefficient (Wildman–Crippen LogP) is 4.19. The van der Waals surface area contributed by atoms with Gasteiger partial charge in [0, 0.05) is 49.2 Å². The zero-order valence-electron chi connectivity index (χ0n) is 17.6. The van der Waals surface area contributed by atoms with Crippen LogP contribution in [0, 0.1) is 6.92 Å². The van der Waals surface area contributed by atoms with E-state index in [0.29, 0.717) is 11.1 Å². The van der Waals surface area contributed by atoms with Crippen molar-refractivity contribution in [2.75, 3.05) is 31.1 Å². The van der Waals surface area contributed by atoms with E-state index in [1.54, 1.807) is 12.3 Å². The van der Waals surface area contributed by atoms with Gasteiger partial charge < -0.3 is 4.90 Å². The maximum absolute atomic E-state index is 13.4. The van der Waals surface area contributed by atoms with Crippen molar-refractivity contribution in [2.24, 2.45) is 0 Å². The van der Waals surface area contributed by atoms with Gasteiger partial charge in [-0.2, -0.15) is 0 Å². The Morgan fingerprint density at radius 2 is 1.84 bits per heavy atom. The van der Waals surface area contributed by atoms with Crippen LogP contribution in [0.3, 0.4) is 0 Å². The number of aromatic nitrogens is 1. The van der Waals surface area contributed by atoms with Crippen molar-refractivity contribution in [3.8, 4) is 0 Å². The Kier molecular flexibility index (Phi) is 5.37. The number of piperazine rings is 1. The predicted molar refractivity (Wildman–Crippen MR) is 124 cm³/mol. The lowest BCUT2D eigenvalue weighted by atomic mass is 10.1. The van der Waals surface area contributed by atoms with E-state index in [0.717, 1.165) is 43.4 Å². The highest BCUT2D eigenvalue weighted by Crippen LogP contribution is 2.37. The lowest BCUT2D eigenvalue weighted by Crippen LogP contribution is -2.46. The molecule has 2 aliphatic rings. The molecule has 2 aromatic heterocycles. The second-order valence-electron chi connectivity index (χ2n) is 8.02. The van der Waals surface area contributed by atoms with Crippen LogP contribution in [0.1, 0.15) is 49.1 Å². The van der Waals surface area contributed by atoms with Crippen molar-refractivity contribution in [3.63, 3.8) is 0 Å². The lowest BCUT2D eigenvalue weighted by Gasteiger charge is -2.36. The zero-order valence-corrected chi connectivity index (χ0v) is 19.2. The summed E-state index contributed by atoms with van der Waals surface area (Å²) in [4.78, 5) is 38.3. The maximum atomic E-state index is 13.4. The monoisotopic (exact) mass is 452 g/mol. The molecule has 1 saturated heterocycles. The number of amides is 2. The fourth-order valence-electron chi connectivity index (χ4n) is 4.37. The van der Waals surface area contributed by atoms with Crippen molar-refractivity contribution in [3.05, 3.63) is 67.8 Å². The van der Waals surface area contributed by atoms with Crippen molar-refractivity contribution >= 4 is 40.2 Å². The molecule has 3 aromatic rings. The topological polar surface area (TPSA) is 56.8 Å². The van der Waals surface area contributed by atoms with Crippen molar-refractivity contribution in [1.29, 1.82) is 0 Å². The first-order chi connectivity index (χ1) is 15.0. The molecule has 160 valence electrons. The number of carbonyl (C=O) groups is 2. The quantitative estimate of drug-likeness (QED) is 0.543. The standard InChI is InChI=1S/C23H24N4O2S2/c1-15-6-12-30-19(15)14-25-8-10-26(11-9-25)18-5-3-4-17-20(18)23(29)27(22(17)28)16(2)21-24-7-13-31-21/h3-7,12-13,16H,8-11,14H2,1-2H3/t16-/m0/s1. The second kappa shape index (κ2) is 8.18. The average Bonchev–Trinajstić information content (AvgIpc) is 3.51. The molecule has 5 rings (SSSR count). The molecule has 0 unspecified atom stereocenters. The van der Waals surface area contributed by atoms with E-state index in [-0.39, 0.29) is 17.9 Å². The number of anilines is 1. The van der Waals surface area contributed by atoms with Crippen molar-refractivity contribution in [2.45, 2.75) is 26.4 Å². The second-order valence-corrected chi connectivity index (χ2v) is 9.94. The number of nitrogens with zero attached hydrogens (tertiary/aromatic N) is 4. The van der Waals surface area contributed by atoms with Gasteiger partial charge in [0.25, 0.3) is 11.8 Å². The zero-order chi connectivity index (χ0) is 21.5. The molecule has 0 N–H and O–H groups in total. The highest BCUT2D eigenvalue weighted by molar-refractivity contribution is 7.10. The number of carbonyl (C=O) groups excluding carboxylic acids is 2. The number of rotatable bonds is 5. The van der Waals surface area contributed by atoms with Gasteiger partial charge >= 0.3 is 0 Å². The fourth-order valence-corrected chi connectivity index (χ4v) is 6.00. The number of hydrogen-bond acceptors (Lipinski definition) is 7. The SMILES string of the molecule is Cc1ccsc1CN1CCN(c2cccc3c2C(=O)N([C@@H](C)c2nccs2)C3=O)CC1. The molecule has 31 heavy (non-hydrogen) atoms. The number of benzene rings is 1. The molecule has 6 nitrogen and oxygen atoms in total. The third-order valence-corrected chi connectivity index (χ3v) is 8.12. The largest absolute Gasteiger partial charge is 0.368 e.